The lowest BCUT2D eigenvalue weighted by Crippen LogP contribution is -1.95. The molecule has 0 aliphatic rings. The highest BCUT2D eigenvalue weighted by Gasteiger charge is 2.17. The molecule has 0 N–H and O–H groups in total. The van der Waals surface area contributed by atoms with Gasteiger partial charge in [0.05, 0.1) is 56.2 Å². The van der Waals surface area contributed by atoms with Gasteiger partial charge in [0, 0.05) is 105 Å². The zero-order chi connectivity index (χ0) is 38.4. The summed E-state index contributed by atoms with van der Waals surface area (Å²) in [5.41, 5.74) is 13.5. The van der Waals surface area contributed by atoms with Crippen LogP contribution in [0.4, 0.5) is 0 Å². The molecule has 0 radical (unpaired) electrons. The van der Waals surface area contributed by atoms with Crippen molar-refractivity contribution in [2.24, 2.45) is 0 Å². The van der Waals surface area contributed by atoms with E-state index >= 15 is 0 Å². The Morgan fingerprint density at radius 3 is 1.21 bits per heavy atom. The Morgan fingerprint density at radius 1 is 0.293 bits per heavy atom. The summed E-state index contributed by atoms with van der Waals surface area (Å²) in [6.07, 6.45) is 14.5. The van der Waals surface area contributed by atoms with Gasteiger partial charge in [-0.1, -0.05) is 48.5 Å². The van der Waals surface area contributed by atoms with Gasteiger partial charge in [-0.15, -0.1) is 0 Å². The van der Waals surface area contributed by atoms with Crippen LogP contribution in [-0.4, -0.2) is 44.9 Å². The molecular weight excluding hydrogens is 715 g/mol. The molecule has 0 aliphatic carbocycles. The van der Waals surface area contributed by atoms with Crippen molar-refractivity contribution in [1.29, 1.82) is 0 Å². The fourth-order valence-electron chi connectivity index (χ4n) is 7.58. The molecule has 0 bridgehead atoms. The van der Waals surface area contributed by atoms with Crippen LogP contribution in [0.3, 0.4) is 0 Å². The predicted octanol–water partition coefficient (Wildman–Crippen LogP) is 10.9. The van der Waals surface area contributed by atoms with Crippen molar-refractivity contribution in [3.05, 3.63) is 177 Å². The quantitative estimate of drug-likeness (QED) is 0.153. The summed E-state index contributed by atoms with van der Waals surface area (Å²) in [6, 6.07) is 42.7. The van der Waals surface area contributed by atoms with E-state index in [0.29, 0.717) is 0 Å². The molecule has 0 spiro atoms. The van der Waals surface area contributed by atoms with Gasteiger partial charge in [0.25, 0.3) is 0 Å². The molecule has 9 heteroatoms. The normalized spacial score (nSPS) is 11.4. The second-order valence-electron chi connectivity index (χ2n) is 13.9. The minimum atomic E-state index is 0.774. The lowest BCUT2D eigenvalue weighted by Gasteiger charge is -2.13. The Hall–Kier alpha value is -8.17. The molecule has 58 heavy (non-hydrogen) atoms. The van der Waals surface area contributed by atoms with E-state index in [1.54, 1.807) is 12.4 Å². The van der Waals surface area contributed by atoms with Crippen LogP contribution in [-0.2, 0) is 0 Å². The highest BCUT2D eigenvalue weighted by Crippen LogP contribution is 2.37. The topological polar surface area (TPSA) is 116 Å². The number of pyridine rings is 9. The van der Waals surface area contributed by atoms with E-state index in [0.717, 1.165) is 111 Å². The van der Waals surface area contributed by atoms with E-state index in [1.807, 2.05) is 110 Å². The molecule has 2 aromatic carbocycles. The Balaban J connectivity index is 1.06. The van der Waals surface area contributed by atoms with Gasteiger partial charge in [-0.3, -0.25) is 24.9 Å². The van der Waals surface area contributed by atoms with E-state index in [1.165, 1.54) is 0 Å². The van der Waals surface area contributed by atoms with Gasteiger partial charge in [0.1, 0.15) is 0 Å². The van der Waals surface area contributed by atoms with Crippen LogP contribution < -0.4 is 0 Å². The van der Waals surface area contributed by atoms with Crippen molar-refractivity contribution in [1.82, 2.24) is 44.9 Å². The first-order chi connectivity index (χ1) is 28.7. The lowest BCUT2D eigenvalue weighted by molar-refractivity contribution is 1.28. The minimum absolute atomic E-state index is 0.774. The Morgan fingerprint density at radius 2 is 0.759 bits per heavy atom. The van der Waals surface area contributed by atoms with E-state index in [9.17, 15) is 0 Å². The number of aromatic nitrogens is 9. The summed E-state index contributed by atoms with van der Waals surface area (Å²) in [7, 11) is 0. The SMILES string of the molecule is c1ccc(-c2cc(-c3cccnc3)nc3c2ccc2ccc(-c4cncc(-c5ccc6ccc7c(-c8ccccn8)cc(-c8cccnc8)nc7c6n5)c4)nc23)nc1. The lowest BCUT2D eigenvalue weighted by atomic mass is 9.99. The molecule has 11 rings (SSSR count). The summed E-state index contributed by atoms with van der Waals surface area (Å²) in [4.78, 5) is 43.8. The van der Waals surface area contributed by atoms with Crippen molar-refractivity contribution in [2.45, 2.75) is 0 Å². The smallest absolute Gasteiger partial charge is 0.0979 e. The predicted molar refractivity (Wildman–Crippen MR) is 229 cm³/mol. The van der Waals surface area contributed by atoms with Crippen LogP contribution in [0.5, 0.6) is 0 Å². The number of rotatable bonds is 6. The van der Waals surface area contributed by atoms with Crippen molar-refractivity contribution in [3.8, 4) is 67.5 Å². The Kier molecular flexibility index (Phi) is 7.92. The summed E-state index contributed by atoms with van der Waals surface area (Å²) < 4.78 is 0. The van der Waals surface area contributed by atoms with Crippen molar-refractivity contribution in [2.75, 3.05) is 0 Å². The summed E-state index contributed by atoms with van der Waals surface area (Å²) >= 11 is 0. The molecule has 0 unspecified atom stereocenters. The second-order valence-corrected chi connectivity index (χ2v) is 13.9. The van der Waals surface area contributed by atoms with Crippen molar-refractivity contribution in [3.63, 3.8) is 0 Å². The maximum atomic E-state index is 5.27. The van der Waals surface area contributed by atoms with Crippen LogP contribution >= 0.6 is 0 Å². The van der Waals surface area contributed by atoms with Gasteiger partial charge < -0.3 is 0 Å². The molecule has 9 heterocycles. The van der Waals surface area contributed by atoms with Gasteiger partial charge in [0.15, 0.2) is 0 Å². The molecule has 270 valence electrons. The first-order valence-electron chi connectivity index (χ1n) is 18.8. The van der Waals surface area contributed by atoms with Crippen LogP contribution in [0.2, 0.25) is 0 Å². The molecule has 9 nitrogen and oxygen atoms in total. The molecule has 0 saturated heterocycles. The first-order valence-corrected chi connectivity index (χ1v) is 18.8. The standard InChI is InChI=1S/C49H29N9/c1-3-21-53-42(9-1)38-24-44(32-7-5-19-50-26-32)57-48-36(38)15-11-30-13-17-40(55-46(30)48)34-23-35(29-52-28-34)41-18-14-31-12-16-37-39(43-10-2-4-22-54-43)25-45(33-8-6-20-51-27-33)58-49(37)47(31)56-41/h1-29H. The number of hydrogen-bond donors (Lipinski definition) is 0. The van der Waals surface area contributed by atoms with E-state index in [-0.39, 0.29) is 0 Å². The van der Waals surface area contributed by atoms with Gasteiger partial charge in [-0.25, -0.2) is 19.9 Å². The van der Waals surface area contributed by atoms with Gasteiger partial charge in [-0.2, -0.15) is 0 Å². The largest absolute Gasteiger partial charge is 0.264 e. The summed E-state index contributed by atoms with van der Waals surface area (Å²) in [5, 5.41) is 3.90. The maximum absolute atomic E-state index is 5.27. The van der Waals surface area contributed by atoms with Crippen molar-refractivity contribution < 1.29 is 0 Å². The fraction of sp³-hybridized carbons (Fsp3) is 0. The van der Waals surface area contributed by atoms with Crippen LogP contribution in [0.15, 0.2) is 177 Å². The number of benzene rings is 2. The summed E-state index contributed by atoms with van der Waals surface area (Å²) in [5.74, 6) is 0. The number of fused-ring (bicyclic) bond motifs is 6. The average molecular weight is 744 g/mol. The van der Waals surface area contributed by atoms with E-state index in [4.69, 9.17) is 34.9 Å². The Labute approximate surface area is 331 Å². The molecule has 11 aromatic rings. The molecular formula is C49H29N9. The van der Waals surface area contributed by atoms with E-state index < -0.39 is 0 Å². The highest BCUT2D eigenvalue weighted by atomic mass is 14.8. The number of hydrogen-bond acceptors (Lipinski definition) is 9. The third-order valence-corrected chi connectivity index (χ3v) is 10.4. The van der Waals surface area contributed by atoms with Crippen LogP contribution in [0.25, 0.3) is 111 Å². The highest BCUT2D eigenvalue weighted by molar-refractivity contribution is 6.10. The third kappa shape index (κ3) is 5.86. The first kappa shape index (κ1) is 33.2. The minimum Gasteiger partial charge on any atom is -0.264 e. The monoisotopic (exact) mass is 743 g/mol. The van der Waals surface area contributed by atoms with Crippen LogP contribution in [0, 0.1) is 0 Å². The van der Waals surface area contributed by atoms with Crippen molar-refractivity contribution >= 4 is 43.6 Å². The molecule has 0 atom stereocenters. The molecule has 0 fully saturated rings. The fourth-order valence-corrected chi connectivity index (χ4v) is 7.58. The molecule has 0 saturated carbocycles. The van der Waals surface area contributed by atoms with Gasteiger partial charge >= 0.3 is 0 Å². The average Bonchev–Trinajstić information content (AvgIpc) is 3.31. The molecule has 9 aromatic heterocycles. The molecule has 0 aliphatic heterocycles. The Bertz CT molecular complexity index is 3110. The summed E-state index contributed by atoms with van der Waals surface area (Å²) in [6.45, 7) is 0. The molecule has 0 amide bonds. The maximum Gasteiger partial charge on any atom is 0.0979 e. The zero-order valence-electron chi connectivity index (χ0n) is 30.8. The van der Waals surface area contributed by atoms with Crippen LogP contribution in [0.1, 0.15) is 0 Å². The van der Waals surface area contributed by atoms with E-state index in [2.05, 4.69) is 64.6 Å². The third-order valence-electron chi connectivity index (χ3n) is 10.4. The number of nitrogens with zero attached hydrogens (tertiary/aromatic N) is 9. The van der Waals surface area contributed by atoms with Gasteiger partial charge in [0.2, 0.25) is 0 Å². The zero-order valence-corrected chi connectivity index (χ0v) is 30.8. The van der Waals surface area contributed by atoms with Gasteiger partial charge in [-0.05, 0) is 78.9 Å². The second kappa shape index (κ2) is 13.8.